The first-order chi connectivity index (χ1) is 15.2. The lowest BCUT2D eigenvalue weighted by Gasteiger charge is -2.36. The number of carbonyl (C=O) groups is 1. The van der Waals surface area contributed by atoms with Crippen LogP contribution >= 0.6 is 0 Å². The molecule has 1 atom stereocenters. The average Bonchev–Trinajstić information content (AvgIpc) is 2.79. The standard InChI is InChI=1S/C27H30N2O2/c1-21-8-7-12-25(18-21)31-26-13-6-5-11-23(26)14-15-27(30)29-17-16-28-20-24(29)19-22-9-3-2-4-10-22/h2-13,18,24,28H,14-17,19-20H2,1H3/t24-/m1/s1. The van der Waals surface area contributed by atoms with Gasteiger partial charge in [0.25, 0.3) is 0 Å². The Kier molecular flexibility index (Phi) is 7.00. The van der Waals surface area contributed by atoms with Crippen molar-refractivity contribution in [3.05, 3.63) is 95.6 Å². The Hall–Kier alpha value is -3.11. The zero-order chi connectivity index (χ0) is 21.5. The number of hydrogen-bond acceptors (Lipinski definition) is 3. The van der Waals surface area contributed by atoms with E-state index < -0.39 is 0 Å². The van der Waals surface area contributed by atoms with Gasteiger partial charge in [0.05, 0.1) is 0 Å². The number of rotatable bonds is 7. The van der Waals surface area contributed by atoms with E-state index in [0.29, 0.717) is 12.8 Å². The van der Waals surface area contributed by atoms with Gasteiger partial charge >= 0.3 is 0 Å². The van der Waals surface area contributed by atoms with E-state index in [-0.39, 0.29) is 11.9 Å². The van der Waals surface area contributed by atoms with Crippen LogP contribution in [0.25, 0.3) is 0 Å². The summed E-state index contributed by atoms with van der Waals surface area (Å²) in [4.78, 5) is 15.2. The molecule has 1 saturated heterocycles. The smallest absolute Gasteiger partial charge is 0.223 e. The molecule has 1 fully saturated rings. The van der Waals surface area contributed by atoms with Crippen LogP contribution in [0.5, 0.6) is 11.5 Å². The van der Waals surface area contributed by atoms with E-state index in [9.17, 15) is 4.79 Å². The first-order valence-electron chi connectivity index (χ1n) is 11.1. The third-order valence-corrected chi connectivity index (χ3v) is 5.78. The molecule has 0 aromatic heterocycles. The lowest BCUT2D eigenvalue weighted by molar-refractivity contribution is -0.134. The molecule has 0 radical (unpaired) electrons. The van der Waals surface area contributed by atoms with Gasteiger partial charge in [0.2, 0.25) is 5.91 Å². The third-order valence-electron chi connectivity index (χ3n) is 5.78. The summed E-state index contributed by atoms with van der Waals surface area (Å²) >= 11 is 0. The second-order valence-electron chi connectivity index (χ2n) is 8.16. The van der Waals surface area contributed by atoms with Crippen LogP contribution in [0.3, 0.4) is 0 Å². The molecule has 1 amide bonds. The maximum Gasteiger partial charge on any atom is 0.223 e. The maximum atomic E-state index is 13.1. The van der Waals surface area contributed by atoms with Crippen LogP contribution in [0.4, 0.5) is 0 Å². The number of nitrogens with zero attached hydrogens (tertiary/aromatic N) is 1. The Bertz CT molecular complexity index is 1000. The maximum absolute atomic E-state index is 13.1. The number of para-hydroxylation sites is 1. The summed E-state index contributed by atoms with van der Waals surface area (Å²) in [5.41, 5.74) is 3.49. The fraction of sp³-hybridized carbons (Fsp3) is 0.296. The van der Waals surface area contributed by atoms with Gasteiger partial charge in [-0.2, -0.15) is 0 Å². The largest absolute Gasteiger partial charge is 0.457 e. The van der Waals surface area contributed by atoms with Crippen molar-refractivity contribution in [2.24, 2.45) is 0 Å². The van der Waals surface area contributed by atoms with Crippen LogP contribution in [-0.2, 0) is 17.6 Å². The zero-order valence-electron chi connectivity index (χ0n) is 18.1. The summed E-state index contributed by atoms with van der Waals surface area (Å²) in [6.45, 7) is 4.51. The quantitative estimate of drug-likeness (QED) is 0.606. The normalized spacial score (nSPS) is 16.2. The van der Waals surface area contributed by atoms with Crippen molar-refractivity contribution < 1.29 is 9.53 Å². The van der Waals surface area contributed by atoms with Crippen LogP contribution in [0, 0.1) is 6.92 Å². The molecular weight excluding hydrogens is 384 g/mol. The van der Waals surface area contributed by atoms with Gasteiger partial charge in [-0.1, -0.05) is 60.7 Å². The lowest BCUT2D eigenvalue weighted by atomic mass is 10.0. The van der Waals surface area contributed by atoms with E-state index in [1.165, 1.54) is 5.56 Å². The van der Waals surface area contributed by atoms with Crippen LogP contribution in [0.15, 0.2) is 78.9 Å². The Labute approximate surface area is 184 Å². The van der Waals surface area contributed by atoms with Gasteiger partial charge in [-0.25, -0.2) is 0 Å². The number of benzene rings is 3. The molecule has 4 nitrogen and oxygen atoms in total. The van der Waals surface area contributed by atoms with Crippen LogP contribution in [0.2, 0.25) is 0 Å². The molecule has 160 valence electrons. The minimum atomic E-state index is 0.197. The first kappa shape index (κ1) is 21.1. The van der Waals surface area contributed by atoms with Crippen molar-refractivity contribution in [1.29, 1.82) is 0 Å². The summed E-state index contributed by atoms with van der Waals surface area (Å²) in [7, 11) is 0. The molecule has 0 spiro atoms. The highest BCUT2D eigenvalue weighted by atomic mass is 16.5. The number of aryl methyl sites for hydroxylation is 2. The highest BCUT2D eigenvalue weighted by molar-refractivity contribution is 5.77. The molecule has 1 heterocycles. The molecule has 4 heteroatoms. The summed E-state index contributed by atoms with van der Waals surface area (Å²) in [5.74, 6) is 1.86. The van der Waals surface area contributed by atoms with Crippen LogP contribution in [0.1, 0.15) is 23.1 Å². The minimum absolute atomic E-state index is 0.197. The van der Waals surface area contributed by atoms with Crippen LogP contribution < -0.4 is 10.1 Å². The molecule has 3 aromatic rings. The molecule has 4 rings (SSSR count). The molecule has 1 aliphatic heterocycles. The number of hydrogen-bond donors (Lipinski definition) is 1. The van der Waals surface area contributed by atoms with Gasteiger partial charge < -0.3 is 15.0 Å². The van der Waals surface area contributed by atoms with Gasteiger partial charge in [-0.3, -0.25) is 4.79 Å². The van der Waals surface area contributed by atoms with Crippen LogP contribution in [-0.4, -0.2) is 36.5 Å². The Morgan fingerprint density at radius 3 is 2.68 bits per heavy atom. The summed E-state index contributed by atoms with van der Waals surface area (Å²) in [5, 5.41) is 3.44. The van der Waals surface area contributed by atoms with Gasteiger partial charge in [-0.05, 0) is 54.7 Å². The number of nitrogens with one attached hydrogen (secondary N) is 1. The molecule has 0 aliphatic carbocycles. The van der Waals surface area contributed by atoms with Gasteiger partial charge in [0.15, 0.2) is 0 Å². The number of carbonyl (C=O) groups excluding carboxylic acids is 1. The van der Waals surface area contributed by atoms with Crippen molar-refractivity contribution >= 4 is 5.91 Å². The van der Waals surface area contributed by atoms with Gasteiger partial charge in [0.1, 0.15) is 11.5 Å². The zero-order valence-corrected chi connectivity index (χ0v) is 18.1. The van der Waals surface area contributed by atoms with E-state index >= 15 is 0 Å². The van der Waals surface area contributed by atoms with Crippen molar-refractivity contribution in [3.8, 4) is 11.5 Å². The van der Waals surface area contributed by atoms with Crippen molar-refractivity contribution in [2.45, 2.75) is 32.2 Å². The first-order valence-corrected chi connectivity index (χ1v) is 11.1. The molecule has 0 bridgehead atoms. The van der Waals surface area contributed by atoms with E-state index in [0.717, 1.165) is 48.7 Å². The average molecular weight is 415 g/mol. The minimum Gasteiger partial charge on any atom is -0.457 e. The second-order valence-corrected chi connectivity index (χ2v) is 8.16. The van der Waals surface area contributed by atoms with E-state index in [1.54, 1.807) is 0 Å². The highest BCUT2D eigenvalue weighted by Crippen LogP contribution is 2.27. The summed E-state index contributed by atoms with van der Waals surface area (Å²) in [6, 6.07) is 26.7. The molecule has 1 aliphatic rings. The molecule has 1 N–H and O–H groups in total. The molecule has 31 heavy (non-hydrogen) atoms. The Morgan fingerprint density at radius 2 is 1.84 bits per heavy atom. The summed E-state index contributed by atoms with van der Waals surface area (Å²) < 4.78 is 6.13. The molecular formula is C27H30N2O2. The fourth-order valence-corrected chi connectivity index (χ4v) is 4.16. The van der Waals surface area contributed by atoms with Crippen molar-refractivity contribution in [3.63, 3.8) is 0 Å². The summed E-state index contributed by atoms with van der Waals surface area (Å²) in [6.07, 6.45) is 2.04. The number of piperazine rings is 1. The van der Waals surface area contributed by atoms with E-state index in [4.69, 9.17) is 4.74 Å². The monoisotopic (exact) mass is 414 g/mol. The van der Waals surface area contributed by atoms with E-state index in [1.807, 2.05) is 42.5 Å². The number of ether oxygens (including phenoxy) is 1. The third kappa shape index (κ3) is 5.74. The Morgan fingerprint density at radius 1 is 1.03 bits per heavy atom. The topological polar surface area (TPSA) is 41.6 Å². The fourth-order valence-electron chi connectivity index (χ4n) is 4.16. The molecule has 0 saturated carbocycles. The van der Waals surface area contributed by atoms with Crippen molar-refractivity contribution in [2.75, 3.05) is 19.6 Å². The van der Waals surface area contributed by atoms with Crippen molar-refractivity contribution in [1.82, 2.24) is 10.2 Å². The predicted octanol–water partition coefficient (Wildman–Crippen LogP) is 4.76. The number of amides is 1. The second kappa shape index (κ2) is 10.3. The SMILES string of the molecule is Cc1cccc(Oc2ccccc2CCC(=O)N2CCNC[C@H]2Cc2ccccc2)c1. The van der Waals surface area contributed by atoms with Gasteiger partial charge in [-0.15, -0.1) is 0 Å². The van der Waals surface area contributed by atoms with Gasteiger partial charge in [0, 0.05) is 32.1 Å². The van der Waals surface area contributed by atoms with E-state index in [2.05, 4.69) is 53.5 Å². The highest BCUT2D eigenvalue weighted by Gasteiger charge is 2.26. The molecule has 3 aromatic carbocycles. The molecule has 0 unspecified atom stereocenters. The predicted molar refractivity (Wildman–Crippen MR) is 125 cm³/mol. The lowest BCUT2D eigenvalue weighted by Crippen LogP contribution is -2.54. The Balaban J connectivity index is 1.41.